The quantitative estimate of drug-likeness (QED) is 0.674. The van der Waals surface area contributed by atoms with Gasteiger partial charge >= 0.3 is 0 Å². The van der Waals surface area contributed by atoms with E-state index >= 15 is 0 Å². The van der Waals surface area contributed by atoms with Crippen molar-refractivity contribution in [1.29, 1.82) is 0 Å². The number of carbonyl (C=O) groups is 1. The summed E-state index contributed by atoms with van der Waals surface area (Å²) in [5.41, 5.74) is 5.24. The average Bonchev–Trinajstić information content (AvgIpc) is 2.25. The van der Waals surface area contributed by atoms with Gasteiger partial charge in [0.25, 0.3) is 0 Å². The summed E-state index contributed by atoms with van der Waals surface area (Å²) in [4.78, 5) is 13.2. The third kappa shape index (κ3) is 1.85. The molecular weight excluding hydrogens is 164 g/mol. The highest BCUT2D eigenvalue weighted by atomic mass is 16.1. The summed E-state index contributed by atoms with van der Waals surface area (Å²) in [5, 5.41) is 0. The van der Waals surface area contributed by atoms with Crippen LogP contribution in [0.2, 0.25) is 0 Å². The van der Waals surface area contributed by atoms with Gasteiger partial charge < -0.3 is 10.6 Å². The highest BCUT2D eigenvalue weighted by Crippen LogP contribution is 2.42. The van der Waals surface area contributed by atoms with Gasteiger partial charge in [0, 0.05) is 19.5 Å². The third-order valence-electron chi connectivity index (χ3n) is 3.52. The van der Waals surface area contributed by atoms with E-state index in [1.165, 1.54) is 19.4 Å². The Labute approximate surface area is 79.3 Å². The highest BCUT2D eigenvalue weighted by molar-refractivity contribution is 5.74. The second kappa shape index (κ2) is 3.29. The van der Waals surface area contributed by atoms with Crippen LogP contribution >= 0.6 is 0 Å². The largest absolute Gasteiger partial charge is 0.370 e. The first kappa shape index (κ1) is 9.00. The minimum absolute atomic E-state index is 0.125. The number of nitrogens with zero attached hydrogens (tertiary/aromatic N) is 1. The molecule has 3 heteroatoms. The summed E-state index contributed by atoms with van der Waals surface area (Å²) in [6.07, 6.45) is 3.15. The predicted octanol–water partition coefficient (Wildman–Crippen LogP) is 0.450. The normalized spacial score (nSPS) is 39.3. The fraction of sp³-hybridized carbons (Fsp3) is 0.900. The minimum atomic E-state index is -0.125. The Bertz CT molecular complexity index is 217. The van der Waals surface area contributed by atoms with Crippen LogP contribution in [0, 0.1) is 17.8 Å². The van der Waals surface area contributed by atoms with Gasteiger partial charge in [-0.2, -0.15) is 0 Å². The van der Waals surface area contributed by atoms with Gasteiger partial charge in [0.2, 0.25) is 5.91 Å². The van der Waals surface area contributed by atoms with Crippen molar-refractivity contribution < 1.29 is 4.79 Å². The van der Waals surface area contributed by atoms with E-state index in [0.29, 0.717) is 12.3 Å². The Kier molecular flexibility index (Phi) is 2.28. The molecule has 1 saturated carbocycles. The van der Waals surface area contributed by atoms with Gasteiger partial charge in [-0.25, -0.2) is 0 Å². The van der Waals surface area contributed by atoms with Crippen molar-refractivity contribution in [3.63, 3.8) is 0 Å². The smallest absolute Gasteiger partial charge is 0.217 e. The Balaban J connectivity index is 1.97. The monoisotopic (exact) mass is 182 g/mol. The molecule has 0 aromatic carbocycles. The van der Waals surface area contributed by atoms with Crippen LogP contribution < -0.4 is 5.73 Å². The zero-order chi connectivity index (χ0) is 9.42. The van der Waals surface area contributed by atoms with Gasteiger partial charge in [-0.15, -0.1) is 0 Å². The molecule has 2 unspecified atom stereocenters. The number of amides is 1. The van der Waals surface area contributed by atoms with Crippen molar-refractivity contribution in [2.45, 2.75) is 19.3 Å². The molecule has 1 aliphatic carbocycles. The van der Waals surface area contributed by atoms with E-state index in [1.54, 1.807) is 0 Å². The lowest BCUT2D eigenvalue weighted by Gasteiger charge is -2.29. The molecule has 0 spiro atoms. The number of fused-ring (bicyclic) bond motifs is 2. The van der Waals surface area contributed by atoms with E-state index in [-0.39, 0.29) is 5.91 Å². The summed E-state index contributed by atoms with van der Waals surface area (Å²) in [7, 11) is 2.17. The van der Waals surface area contributed by atoms with Crippen molar-refractivity contribution in [3.8, 4) is 0 Å². The number of carbonyl (C=O) groups excluding carboxylic acids is 1. The molecule has 2 N–H and O–H groups in total. The Morgan fingerprint density at radius 3 is 2.92 bits per heavy atom. The predicted molar refractivity (Wildman–Crippen MR) is 51.0 cm³/mol. The van der Waals surface area contributed by atoms with Gasteiger partial charge in [0.1, 0.15) is 0 Å². The molecular formula is C10H18N2O. The number of rotatable bonds is 2. The van der Waals surface area contributed by atoms with Crippen molar-refractivity contribution in [3.05, 3.63) is 0 Å². The highest BCUT2D eigenvalue weighted by Gasteiger charge is 2.39. The summed E-state index contributed by atoms with van der Waals surface area (Å²) >= 11 is 0. The number of hydrogen-bond acceptors (Lipinski definition) is 2. The van der Waals surface area contributed by atoms with Crippen molar-refractivity contribution >= 4 is 5.91 Å². The SMILES string of the molecule is CN1CC2CC(CC(N)=O)[C@@H](C2)C1. The van der Waals surface area contributed by atoms with E-state index < -0.39 is 0 Å². The van der Waals surface area contributed by atoms with Gasteiger partial charge in [0.05, 0.1) is 0 Å². The third-order valence-corrected chi connectivity index (χ3v) is 3.52. The van der Waals surface area contributed by atoms with Crippen molar-refractivity contribution in [2.24, 2.45) is 23.5 Å². The number of likely N-dealkylation sites (tertiary alicyclic amines) is 1. The van der Waals surface area contributed by atoms with Gasteiger partial charge in [0.15, 0.2) is 0 Å². The molecule has 74 valence electrons. The van der Waals surface area contributed by atoms with Crippen LogP contribution in [-0.4, -0.2) is 30.9 Å². The van der Waals surface area contributed by atoms with E-state index in [1.807, 2.05) is 0 Å². The molecule has 3 nitrogen and oxygen atoms in total. The van der Waals surface area contributed by atoms with Crippen molar-refractivity contribution in [1.82, 2.24) is 4.90 Å². The second-order valence-corrected chi connectivity index (χ2v) is 4.75. The molecule has 1 aliphatic heterocycles. The molecule has 2 fully saturated rings. The van der Waals surface area contributed by atoms with Crippen LogP contribution in [0.4, 0.5) is 0 Å². The molecule has 2 bridgehead atoms. The van der Waals surface area contributed by atoms with Crippen LogP contribution in [0.3, 0.4) is 0 Å². The van der Waals surface area contributed by atoms with Crippen LogP contribution in [0.15, 0.2) is 0 Å². The summed E-state index contributed by atoms with van der Waals surface area (Å²) in [5.74, 6) is 2.01. The summed E-state index contributed by atoms with van der Waals surface area (Å²) in [6, 6.07) is 0. The van der Waals surface area contributed by atoms with E-state index in [2.05, 4.69) is 11.9 Å². The van der Waals surface area contributed by atoms with Crippen molar-refractivity contribution in [2.75, 3.05) is 20.1 Å². The minimum Gasteiger partial charge on any atom is -0.370 e. The molecule has 1 heterocycles. The lowest BCUT2D eigenvalue weighted by atomic mass is 9.92. The first-order chi connectivity index (χ1) is 6.15. The maximum atomic E-state index is 10.8. The van der Waals surface area contributed by atoms with Gasteiger partial charge in [-0.1, -0.05) is 0 Å². The Morgan fingerprint density at radius 2 is 2.23 bits per heavy atom. The van der Waals surface area contributed by atoms with Crippen LogP contribution in [0.25, 0.3) is 0 Å². The lowest BCUT2D eigenvalue weighted by Crippen LogP contribution is -2.34. The Morgan fingerprint density at radius 1 is 1.46 bits per heavy atom. The average molecular weight is 182 g/mol. The van der Waals surface area contributed by atoms with Gasteiger partial charge in [-0.3, -0.25) is 4.79 Å². The van der Waals surface area contributed by atoms with Crippen LogP contribution in [0.1, 0.15) is 19.3 Å². The first-order valence-electron chi connectivity index (χ1n) is 5.12. The summed E-state index contributed by atoms with van der Waals surface area (Å²) in [6.45, 7) is 2.38. The summed E-state index contributed by atoms with van der Waals surface area (Å²) < 4.78 is 0. The zero-order valence-electron chi connectivity index (χ0n) is 8.20. The lowest BCUT2D eigenvalue weighted by molar-refractivity contribution is -0.119. The molecule has 1 saturated heterocycles. The molecule has 13 heavy (non-hydrogen) atoms. The van der Waals surface area contributed by atoms with E-state index in [9.17, 15) is 4.79 Å². The molecule has 0 radical (unpaired) electrons. The maximum absolute atomic E-state index is 10.8. The standard InChI is InChI=1S/C10H18N2O/c1-12-5-7-2-8(4-10(11)13)9(3-7)6-12/h7-9H,2-6H2,1H3,(H2,11,13)/t7?,8?,9-/m0/s1. The molecule has 3 atom stereocenters. The fourth-order valence-electron chi connectivity index (χ4n) is 3.13. The number of hydrogen-bond donors (Lipinski definition) is 1. The number of piperidine rings is 1. The number of nitrogens with two attached hydrogens (primary N) is 1. The van der Waals surface area contributed by atoms with Crippen LogP contribution in [0.5, 0.6) is 0 Å². The zero-order valence-corrected chi connectivity index (χ0v) is 8.20. The van der Waals surface area contributed by atoms with E-state index in [0.717, 1.165) is 18.4 Å². The topological polar surface area (TPSA) is 46.3 Å². The number of primary amides is 1. The molecule has 2 aliphatic rings. The molecule has 1 amide bonds. The fourth-order valence-corrected chi connectivity index (χ4v) is 3.13. The Hall–Kier alpha value is -0.570. The molecule has 0 aromatic rings. The van der Waals surface area contributed by atoms with Gasteiger partial charge in [-0.05, 0) is 37.6 Å². The first-order valence-corrected chi connectivity index (χ1v) is 5.12. The molecule has 0 aromatic heterocycles. The van der Waals surface area contributed by atoms with E-state index in [4.69, 9.17) is 5.73 Å². The maximum Gasteiger partial charge on any atom is 0.217 e. The molecule has 2 rings (SSSR count). The van der Waals surface area contributed by atoms with Crippen LogP contribution in [-0.2, 0) is 4.79 Å². The second-order valence-electron chi connectivity index (χ2n) is 4.75.